The summed E-state index contributed by atoms with van der Waals surface area (Å²) >= 11 is 3.72. The molecule has 13 rings (SSSR count). The van der Waals surface area contributed by atoms with Crippen molar-refractivity contribution in [3.63, 3.8) is 0 Å². The number of aromatic nitrogens is 3. The van der Waals surface area contributed by atoms with Crippen LogP contribution in [0.1, 0.15) is 0 Å². The first-order valence-corrected chi connectivity index (χ1v) is 22.0. The van der Waals surface area contributed by atoms with Gasteiger partial charge >= 0.3 is 0 Å². The van der Waals surface area contributed by atoms with Gasteiger partial charge in [-0.2, -0.15) is 0 Å². The highest BCUT2D eigenvalue weighted by Gasteiger charge is 2.21. The Labute approximate surface area is 357 Å². The van der Waals surface area contributed by atoms with Crippen molar-refractivity contribution in [3.8, 4) is 56.4 Å². The summed E-state index contributed by atoms with van der Waals surface area (Å²) in [5.74, 6) is 1.85. The van der Waals surface area contributed by atoms with Gasteiger partial charge in [-0.05, 0) is 81.6 Å². The molecule has 284 valence electrons. The maximum Gasteiger partial charge on any atom is 0.164 e. The Kier molecular flexibility index (Phi) is 7.61. The third-order valence-corrected chi connectivity index (χ3v) is 14.2. The second kappa shape index (κ2) is 13.5. The Morgan fingerprint density at radius 3 is 1.75 bits per heavy atom. The Bertz CT molecular complexity index is 3900. The first kappa shape index (κ1) is 34.4. The molecule has 0 bridgehead atoms. The summed E-state index contributed by atoms with van der Waals surface area (Å²) in [4.78, 5) is 15.4. The number of furan rings is 1. The van der Waals surface area contributed by atoms with Crippen LogP contribution in [0.3, 0.4) is 0 Å². The molecule has 6 heteroatoms. The van der Waals surface area contributed by atoms with Gasteiger partial charge in [-0.3, -0.25) is 0 Å². The molecule has 0 atom stereocenters. The molecule has 0 fully saturated rings. The van der Waals surface area contributed by atoms with E-state index in [2.05, 4.69) is 146 Å². The number of rotatable bonds is 5. The molecule has 13 aromatic rings. The van der Waals surface area contributed by atoms with Gasteiger partial charge < -0.3 is 4.42 Å². The molecular weight excluding hydrogens is 783 g/mol. The van der Waals surface area contributed by atoms with Gasteiger partial charge in [-0.15, -0.1) is 22.7 Å². The molecule has 0 aliphatic carbocycles. The maximum absolute atomic E-state index is 6.59. The number of fused-ring (bicyclic) bond motifs is 10. The van der Waals surface area contributed by atoms with Gasteiger partial charge in [0.05, 0.1) is 0 Å². The summed E-state index contributed by atoms with van der Waals surface area (Å²) < 4.78 is 11.8. The molecule has 0 N–H and O–H groups in total. The first-order valence-electron chi connectivity index (χ1n) is 20.3. The van der Waals surface area contributed by atoms with Crippen molar-refractivity contribution in [3.05, 3.63) is 188 Å². The molecule has 0 amide bonds. The molecule has 0 spiro atoms. The normalized spacial score (nSPS) is 11.9. The predicted octanol–water partition coefficient (Wildman–Crippen LogP) is 16.0. The zero-order chi connectivity index (χ0) is 40.0. The van der Waals surface area contributed by atoms with Crippen LogP contribution in [0.15, 0.2) is 192 Å². The van der Waals surface area contributed by atoms with Crippen molar-refractivity contribution in [1.82, 2.24) is 15.0 Å². The third kappa shape index (κ3) is 5.53. The second-order valence-electron chi connectivity index (χ2n) is 15.5. The maximum atomic E-state index is 6.59. The number of benzene rings is 9. The van der Waals surface area contributed by atoms with Crippen LogP contribution >= 0.6 is 22.7 Å². The summed E-state index contributed by atoms with van der Waals surface area (Å²) in [5, 5.41) is 9.49. The van der Waals surface area contributed by atoms with Crippen LogP contribution in [0.5, 0.6) is 0 Å². The lowest BCUT2D eigenvalue weighted by Crippen LogP contribution is -2.00. The molecule has 0 saturated heterocycles. The number of thiophene rings is 2. The van der Waals surface area contributed by atoms with E-state index in [1.54, 1.807) is 0 Å². The van der Waals surface area contributed by atoms with Crippen molar-refractivity contribution in [1.29, 1.82) is 0 Å². The minimum absolute atomic E-state index is 0.599. The smallest absolute Gasteiger partial charge is 0.164 e. The van der Waals surface area contributed by atoms with E-state index in [0.717, 1.165) is 49.6 Å². The van der Waals surface area contributed by atoms with E-state index in [-0.39, 0.29) is 0 Å². The first-order chi connectivity index (χ1) is 30.2. The highest BCUT2D eigenvalue weighted by molar-refractivity contribution is 7.26. The van der Waals surface area contributed by atoms with Crippen molar-refractivity contribution < 1.29 is 4.42 Å². The Morgan fingerprint density at radius 2 is 0.918 bits per heavy atom. The van der Waals surface area contributed by atoms with E-state index in [1.165, 1.54) is 62.4 Å². The minimum atomic E-state index is 0.599. The molecular formula is C55H31N3OS2. The largest absolute Gasteiger partial charge is 0.456 e. The molecule has 61 heavy (non-hydrogen) atoms. The Morgan fingerprint density at radius 1 is 0.311 bits per heavy atom. The van der Waals surface area contributed by atoms with Gasteiger partial charge in [0, 0.05) is 67.8 Å². The van der Waals surface area contributed by atoms with Crippen LogP contribution in [0.2, 0.25) is 0 Å². The van der Waals surface area contributed by atoms with E-state index in [0.29, 0.717) is 17.5 Å². The molecule has 0 saturated carbocycles. The van der Waals surface area contributed by atoms with Gasteiger partial charge in [0.25, 0.3) is 0 Å². The fourth-order valence-corrected chi connectivity index (χ4v) is 11.4. The lowest BCUT2D eigenvalue weighted by atomic mass is 9.93. The number of hydrogen-bond donors (Lipinski definition) is 0. The van der Waals surface area contributed by atoms with E-state index in [9.17, 15) is 0 Å². The van der Waals surface area contributed by atoms with Crippen molar-refractivity contribution >= 4 is 95.7 Å². The van der Waals surface area contributed by atoms with E-state index >= 15 is 0 Å². The summed E-state index contributed by atoms with van der Waals surface area (Å²) in [5.41, 5.74) is 9.17. The predicted molar refractivity (Wildman–Crippen MR) is 258 cm³/mol. The number of nitrogens with zero attached hydrogens (tertiary/aromatic N) is 3. The van der Waals surface area contributed by atoms with Crippen LogP contribution in [0.25, 0.3) is 129 Å². The average molecular weight is 814 g/mol. The highest BCUT2D eigenvalue weighted by Crippen LogP contribution is 2.47. The summed E-state index contributed by atoms with van der Waals surface area (Å²) in [6.07, 6.45) is 0. The van der Waals surface area contributed by atoms with E-state index in [1.807, 2.05) is 65.1 Å². The topological polar surface area (TPSA) is 51.8 Å². The lowest BCUT2D eigenvalue weighted by Gasteiger charge is -2.10. The Hall–Kier alpha value is -7.51. The SMILES string of the molecule is c1ccc(-c2nc(-c3ccc4ccccc4c3)nc(-c3cccc4oc5ccc(-c6cccc7sc8cccc(-c9ccc%10c(c9)sc9ccccc9%10)c8c67)cc5c34)n2)cc1. The van der Waals surface area contributed by atoms with Gasteiger partial charge in [-0.1, -0.05) is 140 Å². The van der Waals surface area contributed by atoms with Crippen molar-refractivity contribution in [2.24, 2.45) is 0 Å². The minimum Gasteiger partial charge on any atom is -0.456 e. The molecule has 4 heterocycles. The van der Waals surface area contributed by atoms with Gasteiger partial charge in [0.1, 0.15) is 11.2 Å². The zero-order valence-corrected chi connectivity index (χ0v) is 34.1. The Balaban J connectivity index is 1.00. The summed E-state index contributed by atoms with van der Waals surface area (Å²) in [7, 11) is 0. The van der Waals surface area contributed by atoms with Crippen LogP contribution in [0.4, 0.5) is 0 Å². The molecule has 0 radical (unpaired) electrons. The van der Waals surface area contributed by atoms with Gasteiger partial charge in [0.15, 0.2) is 17.5 Å². The van der Waals surface area contributed by atoms with Crippen LogP contribution in [-0.4, -0.2) is 15.0 Å². The van der Waals surface area contributed by atoms with Gasteiger partial charge in [0.2, 0.25) is 0 Å². The fourth-order valence-electron chi connectivity index (χ4n) is 9.09. The molecule has 0 aliphatic heterocycles. The molecule has 4 aromatic heterocycles. The summed E-state index contributed by atoms with van der Waals surface area (Å²) in [6.45, 7) is 0. The average Bonchev–Trinajstić information content (AvgIpc) is 4.02. The third-order valence-electron chi connectivity index (χ3n) is 11.9. The highest BCUT2D eigenvalue weighted by atomic mass is 32.1. The number of hydrogen-bond acceptors (Lipinski definition) is 6. The van der Waals surface area contributed by atoms with Crippen LogP contribution < -0.4 is 0 Å². The zero-order valence-electron chi connectivity index (χ0n) is 32.5. The van der Waals surface area contributed by atoms with E-state index in [4.69, 9.17) is 19.4 Å². The van der Waals surface area contributed by atoms with Crippen LogP contribution in [-0.2, 0) is 0 Å². The molecule has 0 unspecified atom stereocenters. The van der Waals surface area contributed by atoms with E-state index < -0.39 is 0 Å². The molecule has 4 nitrogen and oxygen atoms in total. The monoisotopic (exact) mass is 813 g/mol. The van der Waals surface area contributed by atoms with Crippen molar-refractivity contribution in [2.45, 2.75) is 0 Å². The molecule has 9 aromatic carbocycles. The lowest BCUT2D eigenvalue weighted by molar-refractivity contribution is 0.669. The van der Waals surface area contributed by atoms with Crippen LogP contribution in [0, 0.1) is 0 Å². The second-order valence-corrected chi connectivity index (χ2v) is 17.7. The van der Waals surface area contributed by atoms with Crippen molar-refractivity contribution in [2.75, 3.05) is 0 Å². The fraction of sp³-hybridized carbons (Fsp3) is 0. The molecule has 0 aliphatic rings. The standard InChI is InChI=1S/C55H31N3OS2/c1-2-12-33(13-3-1)53-56-54(37-24-23-32-11-4-5-14-34(32)29-37)58-55(57-53)42-18-8-19-45-50(42)43-30-35(26-28-44(43)59-45)38-16-9-21-47-51(38)52-39(17-10-22-48(52)61-47)36-25-27-41-40-15-6-7-20-46(40)60-49(41)31-36/h1-31H. The summed E-state index contributed by atoms with van der Waals surface area (Å²) in [6, 6.07) is 66.8. The quantitative estimate of drug-likeness (QED) is 0.174. The van der Waals surface area contributed by atoms with Gasteiger partial charge in [-0.25, -0.2) is 15.0 Å².